The van der Waals surface area contributed by atoms with Gasteiger partial charge in [-0.05, 0) is 36.4 Å². The Balaban J connectivity index is 2.17. The van der Waals surface area contributed by atoms with Gasteiger partial charge in [0.15, 0.2) is 0 Å². The van der Waals surface area contributed by atoms with Crippen LogP contribution >= 0.6 is 11.8 Å². The number of nitrogens with one attached hydrogen (secondary N) is 1. The van der Waals surface area contributed by atoms with E-state index in [-0.39, 0.29) is 5.91 Å². The number of hydrogen-bond acceptors (Lipinski definition) is 3. The summed E-state index contributed by atoms with van der Waals surface area (Å²) < 4.78 is 0. The van der Waals surface area contributed by atoms with Gasteiger partial charge in [-0.1, -0.05) is 26.0 Å². The molecule has 4 nitrogen and oxygen atoms in total. The van der Waals surface area contributed by atoms with E-state index in [0.717, 1.165) is 4.90 Å². The smallest absolute Gasteiger partial charge is 0.256 e. The lowest BCUT2D eigenvalue weighted by atomic mass is 10.1. The van der Waals surface area contributed by atoms with Gasteiger partial charge >= 0.3 is 0 Å². The molecule has 0 aliphatic rings. The third-order valence-electron chi connectivity index (χ3n) is 2.92. The number of primary amides is 1. The van der Waals surface area contributed by atoms with E-state index < -0.39 is 5.91 Å². The molecule has 2 rings (SSSR count). The van der Waals surface area contributed by atoms with Crippen molar-refractivity contribution < 1.29 is 9.59 Å². The molecule has 2 amide bonds. The zero-order valence-corrected chi connectivity index (χ0v) is 13.3. The summed E-state index contributed by atoms with van der Waals surface area (Å²) >= 11 is 1.65. The maximum absolute atomic E-state index is 12.4. The maximum Gasteiger partial charge on any atom is 0.256 e. The Morgan fingerprint density at radius 1 is 1.05 bits per heavy atom. The highest BCUT2D eigenvalue weighted by Gasteiger charge is 2.12. The molecule has 22 heavy (non-hydrogen) atoms. The summed E-state index contributed by atoms with van der Waals surface area (Å²) in [6.07, 6.45) is 0. The molecule has 0 aliphatic carbocycles. The quantitative estimate of drug-likeness (QED) is 0.829. The van der Waals surface area contributed by atoms with E-state index in [0.29, 0.717) is 22.1 Å². The van der Waals surface area contributed by atoms with E-state index in [4.69, 9.17) is 5.73 Å². The lowest BCUT2D eigenvalue weighted by Gasteiger charge is -2.11. The van der Waals surface area contributed by atoms with Crippen LogP contribution in [0.5, 0.6) is 0 Å². The Labute approximate surface area is 134 Å². The molecule has 0 bridgehead atoms. The van der Waals surface area contributed by atoms with Crippen LogP contribution in [0.1, 0.15) is 34.6 Å². The molecule has 5 heteroatoms. The van der Waals surface area contributed by atoms with E-state index in [2.05, 4.69) is 19.2 Å². The van der Waals surface area contributed by atoms with Crippen LogP contribution in [0.2, 0.25) is 0 Å². The van der Waals surface area contributed by atoms with Crippen LogP contribution in [-0.4, -0.2) is 17.1 Å². The Morgan fingerprint density at radius 3 is 2.27 bits per heavy atom. The zero-order chi connectivity index (χ0) is 16.1. The summed E-state index contributed by atoms with van der Waals surface area (Å²) in [5, 5.41) is 3.23. The van der Waals surface area contributed by atoms with Gasteiger partial charge < -0.3 is 11.1 Å². The minimum atomic E-state index is -0.489. The van der Waals surface area contributed by atoms with Gasteiger partial charge in [0.05, 0.1) is 5.56 Å². The summed E-state index contributed by atoms with van der Waals surface area (Å²) in [5.74, 6) is -0.660. The van der Waals surface area contributed by atoms with Gasteiger partial charge in [0.25, 0.3) is 5.91 Å². The number of benzene rings is 2. The number of thioether (sulfide) groups is 1. The second-order valence-corrected chi connectivity index (χ2v) is 6.68. The van der Waals surface area contributed by atoms with Crippen LogP contribution in [0.15, 0.2) is 53.4 Å². The van der Waals surface area contributed by atoms with E-state index in [9.17, 15) is 9.59 Å². The standard InChI is InChI=1S/C17H18N2O2S/c1-11(2)22-15-6-4-3-5-14(15)17(21)19-13-9-7-12(8-10-13)16(18)20/h3-11H,1-2H3,(H2,18,20)(H,19,21). The molecule has 0 heterocycles. The third kappa shape index (κ3) is 4.11. The van der Waals surface area contributed by atoms with Crippen LogP contribution in [0.4, 0.5) is 5.69 Å². The Morgan fingerprint density at radius 2 is 1.68 bits per heavy atom. The summed E-state index contributed by atoms with van der Waals surface area (Å²) in [6, 6.07) is 14.0. The van der Waals surface area contributed by atoms with E-state index in [1.807, 2.05) is 18.2 Å². The molecule has 0 unspecified atom stereocenters. The third-order valence-corrected chi connectivity index (χ3v) is 4.00. The monoisotopic (exact) mass is 314 g/mol. The number of hydrogen-bond donors (Lipinski definition) is 2. The molecule has 2 aromatic carbocycles. The fourth-order valence-corrected chi connectivity index (χ4v) is 2.88. The molecule has 0 fully saturated rings. The topological polar surface area (TPSA) is 72.2 Å². The molecule has 3 N–H and O–H groups in total. The van der Waals surface area contributed by atoms with Crippen molar-refractivity contribution in [1.82, 2.24) is 0 Å². The van der Waals surface area contributed by atoms with Crippen molar-refractivity contribution in [1.29, 1.82) is 0 Å². The summed E-state index contributed by atoms with van der Waals surface area (Å²) in [5.41, 5.74) is 6.87. The summed E-state index contributed by atoms with van der Waals surface area (Å²) in [6.45, 7) is 4.17. The van der Waals surface area contributed by atoms with E-state index in [1.165, 1.54) is 0 Å². The molecule has 0 aromatic heterocycles. The highest BCUT2D eigenvalue weighted by atomic mass is 32.2. The van der Waals surface area contributed by atoms with Gasteiger partial charge in [0.2, 0.25) is 5.91 Å². The number of anilines is 1. The number of carbonyl (C=O) groups is 2. The van der Waals surface area contributed by atoms with Crippen molar-refractivity contribution in [3.05, 3.63) is 59.7 Å². The number of rotatable bonds is 5. The minimum Gasteiger partial charge on any atom is -0.366 e. The molecular weight excluding hydrogens is 296 g/mol. The van der Waals surface area contributed by atoms with Crippen molar-refractivity contribution >= 4 is 29.3 Å². The SMILES string of the molecule is CC(C)Sc1ccccc1C(=O)Nc1ccc(C(N)=O)cc1. The first-order valence-electron chi connectivity index (χ1n) is 6.94. The number of carbonyl (C=O) groups excluding carboxylic acids is 2. The van der Waals surface area contributed by atoms with E-state index >= 15 is 0 Å². The number of amides is 2. The zero-order valence-electron chi connectivity index (χ0n) is 12.5. The summed E-state index contributed by atoms with van der Waals surface area (Å²) in [7, 11) is 0. The van der Waals surface area contributed by atoms with Crippen molar-refractivity contribution in [3.8, 4) is 0 Å². The van der Waals surface area contributed by atoms with Crippen molar-refractivity contribution in [2.24, 2.45) is 5.73 Å². The maximum atomic E-state index is 12.4. The Hall–Kier alpha value is -2.27. The van der Waals surface area contributed by atoms with Crippen LogP contribution in [0, 0.1) is 0 Å². The van der Waals surface area contributed by atoms with Gasteiger partial charge in [-0.25, -0.2) is 0 Å². The van der Waals surface area contributed by atoms with Gasteiger partial charge in [0, 0.05) is 21.4 Å². The molecule has 0 aliphatic heterocycles. The fourth-order valence-electron chi connectivity index (χ4n) is 1.93. The fraction of sp³-hybridized carbons (Fsp3) is 0.176. The summed E-state index contributed by atoms with van der Waals surface area (Å²) in [4.78, 5) is 24.4. The minimum absolute atomic E-state index is 0.171. The normalized spacial score (nSPS) is 10.5. The predicted molar refractivity (Wildman–Crippen MR) is 90.3 cm³/mol. The largest absolute Gasteiger partial charge is 0.366 e. The van der Waals surface area contributed by atoms with Gasteiger partial charge in [-0.3, -0.25) is 9.59 Å². The molecule has 2 aromatic rings. The molecule has 0 radical (unpaired) electrons. The molecule has 114 valence electrons. The van der Waals surface area contributed by atoms with Gasteiger partial charge in [-0.15, -0.1) is 11.8 Å². The van der Waals surface area contributed by atoms with Gasteiger partial charge in [-0.2, -0.15) is 0 Å². The first kappa shape index (κ1) is 16.1. The Bertz CT molecular complexity index is 681. The molecule has 0 atom stereocenters. The highest BCUT2D eigenvalue weighted by molar-refractivity contribution is 8.00. The molecule has 0 saturated heterocycles. The second-order valence-electron chi connectivity index (χ2n) is 5.06. The highest BCUT2D eigenvalue weighted by Crippen LogP contribution is 2.27. The van der Waals surface area contributed by atoms with Crippen LogP contribution in [0.25, 0.3) is 0 Å². The van der Waals surface area contributed by atoms with Crippen LogP contribution in [-0.2, 0) is 0 Å². The van der Waals surface area contributed by atoms with Gasteiger partial charge in [0.1, 0.15) is 0 Å². The molecular formula is C17H18N2O2S. The van der Waals surface area contributed by atoms with Crippen LogP contribution in [0.3, 0.4) is 0 Å². The lowest BCUT2D eigenvalue weighted by molar-refractivity contribution is 0.0998. The van der Waals surface area contributed by atoms with Crippen molar-refractivity contribution in [2.75, 3.05) is 5.32 Å². The number of nitrogens with two attached hydrogens (primary N) is 1. The van der Waals surface area contributed by atoms with E-state index in [1.54, 1.807) is 42.1 Å². The first-order valence-corrected chi connectivity index (χ1v) is 7.82. The average molecular weight is 314 g/mol. The Kier molecular flexibility index (Phi) is 5.22. The average Bonchev–Trinajstić information content (AvgIpc) is 2.47. The first-order chi connectivity index (χ1) is 10.5. The predicted octanol–water partition coefficient (Wildman–Crippen LogP) is 3.54. The van der Waals surface area contributed by atoms with Crippen molar-refractivity contribution in [2.45, 2.75) is 24.0 Å². The molecule has 0 spiro atoms. The van der Waals surface area contributed by atoms with Crippen molar-refractivity contribution in [3.63, 3.8) is 0 Å². The second kappa shape index (κ2) is 7.13. The molecule has 0 saturated carbocycles. The lowest BCUT2D eigenvalue weighted by Crippen LogP contribution is -2.14. The van der Waals surface area contributed by atoms with Crippen LogP contribution < -0.4 is 11.1 Å².